The van der Waals surface area contributed by atoms with Crippen molar-refractivity contribution in [2.24, 2.45) is 5.92 Å². The molecule has 4 rings (SSSR count). The van der Waals surface area contributed by atoms with Crippen LogP contribution in [0.25, 0.3) is 10.2 Å². The van der Waals surface area contributed by atoms with Crippen LogP contribution in [0.1, 0.15) is 30.3 Å². The number of hydrogen-bond donors (Lipinski definition) is 2. The van der Waals surface area contributed by atoms with Crippen LogP contribution in [0.3, 0.4) is 0 Å². The van der Waals surface area contributed by atoms with Gasteiger partial charge in [-0.3, -0.25) is 23.9 Å². The van der Waals surface area contributed by atoms with Crippen LogP contribution < -0.4 is 10.2 Å². The molecule has 3 aromatic rings. The molecule has 1 aliphatic heterocycles. The van der Waals surface area contributed by atoms with Crippen LogP contribution in [0.5, 0.6) is 0 Å². The van der Waals surface area contributed by atoms with Crippen LogP contribution in [0, 0.1) is 12.8 Å². The van der Waals surface area contributed by atoms with E-state index < -0.39 is 6.10 Å². The molecule has 0 bridgehead atoms. The Morgan fingerprint density at radius 2 is 2.03 bits per heavy atom. The number of carbonyl (C=O) groups is 2. The van der Waals surface area contributed by atoms with E-state index in [9.17, 15) is 19.5 Å². The molecule has 174 valence electrons. The fourth-order valence-electron chi connectivity index (χ4n) is 4.01. The molecule has 1 aromatic carbocycles. The Bertz CT molecular complexity index is 1230. The predicted octanol–water partition coefficient (Wildman–Crippen LogP) is 2.51. The van der Waals surface area contributed by atoms with Crippen molar-refractivity contribution in [2.45, 2.75) is 32.4 Å². The maximum Gasteiger partial charge on any atom is 0.308 e. The molecule has 0 radical (unpaired) electrons. The third-order valence-electron chi connectivity index (χ3n) is 5.86. The number of nitrogens with one attached hydrogen (secondary N) is 1. The summed E-state index contributed by atoms with van der Waals surface area (Å²) in [5.41, 5.74) is 1.98. The number of rotatable bonds is 6. The van der Waals surface area contributed by atoms with Gasteiger partial charge in [0.2, 0.25) is 11.8 Å². The Morgan fingerprint density at radius 1 is 1.27 bits per heavy atom. The van der Waals surface area contributed by atoms with Crippen LogP contribution in [-0.2, 0) is 16.1 Å². The fraction of sp³-hybridized carbons (Fsp3) is 0.391. The highest BCUT2D eigenvalue weighted by molar-refractivity contribution is 7.16. The average molecular weight is 489 g/mol. The zero-order valence-corrected chi connectivity index (χ0v) is 19.7. The van der Waals surface area contributed by atoms with Crippen LogP contribution in [0.15, 0.2) is 41.2 Å². The number of thiazole rings is 1. The summed E-state index contributed by atoms with van der Waals surface area (Å²) in [4.78, 5) is 43.5. The highest BCUT2D eigenvalue weighted by atomic mass is 35.5. The second kappa shape index (κ2) is 10.0. The molecule has 0 saturated carbocycles. The Hall–Kier alpha value is -2.75. The van der Waals surface area contributed by atoms with Gasteiger partial charge in [-0.1, -0.05) is 29.0 Å². The van der Waals surface area contributed by atoms with E-state index in [1.165, 1.54) is 4.57 Å². The normalized spacial score (nSPS) is 15.5. The standard InChI is InChI=1S/C23H25ClN4O4S/c1-14-3-2-4-17(26-14)19(29)12-25-22(31)15-7-9-27(10-8-15)21(30)13-28-18-11-16(24)5-6-20(18)33-23(28)32/h2-6,11,15,19,29H,7-10,12-13H2,1H3,(H,25,31). The zero-order chi connectivity index (χ0) is 23.5. The Labute approximate surface area is 199 Å². The maximum absolute atomic E-state index is 12.8. The summed E-state index contributed by atoms with van der Waals surface area (Å²) in [6.45, 7) is 2.76. The first kappa shape index (κ1) is 23.4. The molecular formula is C23H25ClN4O4S. The van der Waals surface area contributed by atoms with E-state index in [0.717, 1.165) is 21.7 Å². The van der Waals surface area contributed by atoms with Gasteiger partial charge in [-0.15, -0.1) is 0 Å². The molecule has 2 N–H and O–H groups in total. The molecule has 1 unspecified atom stereocenters. The molecule has 1 saturated heterocycles. The number of carbonyl (C=O) groups excluding carboxylic acids is 2. The Morgan fingerprint density at radius 3 is 2.76 bits per heavy atom. The molecule has 1 fully saturated rings. The van der Waals surface area contributed by atoms with Gasteiger partial charge in [0, 0.05) is 36.3 Å². The van der Waals surface area contributed by atoms with Gasteiger partial charge in [0.15, 0.2) is 0 Å². The number of piperidine rings is 1. The van der Waals surface area contributed by atoms with Crippen LogP contribution in [0.2, 0.25) is 5.02 Å². The van der Waals surface area contributed by atoms with Crippen molar-refractivity contribution in [1.29, 1.82) is 0 Å². The number of aryl methyl sites for hydroxylation is 1. The number of fused-ring (bicyclic) bond motifs is 1. The van der Waals surface area contributed by atoms with Gasteiger partial charge in [0.05, 0.1) is 15.9 Å². The summed E-state index contributed by atoms with van der Waals surface area (Å²) in [5, 5.41) is 13.6. The summed E-state index contributed by atoms with van der Waals surface area (Å²) >= 11 is 7.14. The molecular weight excluding hydrogens is 464 g/mol. The molecule has 0 aliphatic carbocycles. The van der Waals surface area contributed by atoms with Gasteiger partial charge in [-0.05, 0) is 50.1 Å². The molecule has 3 heterocycles. The molecule has 0 spiro atoms. The van der Waals surface area contributed by atoms with E-state index in [4.69, 9.17) is 11.6 Å². The average Bonchev–Trinajstić information content (AvgIpc) is 3.11. The lowest BCUT2D eigenvalue weighted by atomic mass is 9.95. The number of benzene rings is 1. The second-order valence-electron chi connectivity index (χ2n) is 8.19. The SMILES string of the molecule is Cc1cccc(C(O)CNC(=O)C2CCN(C(=O)Cn3c(=O)sc4ccc(Cl)cc43)CC2)n1. The van der Waals surface area contributed by atoms with E-state index in [1.807, 2.05) is 19.1 Å². The molecule has 1 aliphatic rings. The summed E-state index contributed by atoms with van der Waals surface area (Å²) < 4.78 is 2.24. The molecule has 2 aromatic heterocycles. The highest BCUT2D eigenvalue weighted by Crippen LogP contribution is 2.23. The van der Waals surface area contributed by atoms with Gasteiger partial charge in [0.25, 0.3) is 0 Å². The number of amides is 2. The lowest BCUT2D eigenvalue weighted by Crippen LogP contribution is -2.45. The first-order chi connectivity index (χ1) is 15.8. The zero-order valence-electron chi connectivity index (χ0n) is 18.2. The summed E-state index contributed by atoms with van der Waals surface area (Å²) in [5.74, 6) is -0.518. The lowest BCUT2D eigenvalue weighted by Gasteiger charge is -2.31. The van der Waals surface area contributed by atoms with Crippen molar-refractivity contribution in [3.63, 3.8) is 0 Å². The van der Waals surface area contributed by atoms with Crippen LogP contribution >= 0.6 is 22.9 Å². The first-order valence-corrected chi connectivity index (χ1v) is 12.0. The number of aromatic nitrogens is 2. The number of likely N-dealkylation sites (tertiary alicyclic amines) is 1. The van der Waals surface area contributed by atoms with E-state index >= 15 is 0 Å². The molecule has 10 heteroatoms. The smallest absolute Gasteiger partial charge is 0.308 e. The number of nitrogens with zero attached hydrogens (tertiary/aromatic N) is 3. The Balaban J connectivity index is 1.29. The van der Waals surface area contributed by atoms with Crippen LogP contribution in [0.4, 0.5) is 0 Å². The fourth-order valence-corrected chi connectivity index (χ4v) is 5.04. The summed E-state index contributed by atoms with van der Waals surface area (Å²) in [7, 11) is 0. The minimum Gasteiger partial charge on any atom is -0.385 e. The summed E-state index contributed by atoms with van der Waals surface area (Å²) in [6, 6.07) is 10.6. The number of pyridine rings is 1. The molecule has 1 atom stereocenters. The van der Waals surface area contributed by atoms with Crippen molar-refractivity contribution in [2.75, 3.05) is 19.6 Å². The lowest BCUT2D eigenvalue weighted by molar-refractivity contribution is -0.136. The van der Waals surface area contributed by atoms with Crippen molar-refractivity contribution in [3.8, 4) is 0 Å². The molecule has 33 heavy (non-hydrogen) atoms. The number of aliphatic hydroxyl groups is 1. The monoisotopic (exact) mass is 488 g/mol. The first-order valence-electron chi connectivity index (χ1n) is 10.8. The minimum absolute atomic E-state index is 0.0499. The van der Waals surface area contributed by atoms with Gasteiger partial charge in [-0.2, -0.15) is 0 Å². The number of halogens is 1. The van der Waals surface area contributed by atoms with E-state index in [2.05, 4.69) is 10.3 Å². The maximum atomic E-state index is 12.8. The van der Waals surface area contributed by atoms with Gasteiger partial charge >= 0.3 is 4.87 Å². The number of hydrogen-bond acceptors (Lipinski definition) is 6. The highest BCUT2D eigenvalue weighted by Gasteiger charge is 2.28. The number of aliphatic hydroxyl groups excluding tert-OH is 1. The third kappa shape index (κ3) is 5.43. The van der Waals surface area contributed by atoms with Crippen molar-refractivity contribution < 1.29 is 14.7 Å². The van der Waals surface area contributed by atoms with E-state index in [0.29, 0.717) is 42.2 Å². The minimum atomic E-state index is -0.872. The van der Waals surface area contributed by atoms with Crippen LogP contribution in [-0.4, -0.2) is 51.0 Å². The molecule has 2 amide bonds. The Kier molecular flexibility index (Phi) is 7.11. The van der Waals surface area contributed by atoms with Gasteiger partial charge < -0.3 is 15.3 Å². The largest absolute Gasteiger partial charge is 0.385 e. The van der Waals surface area contributed by atoms with Gasteiger partial charge in [0.1, 0.15) is 12.6 Å². The quantitative estimate of drug-likeness (QED) is 0.554. The predicted molar refractivity (Wildman–Crippen MR) is 127 cm³/mol. The summed E-state index contributed by atoms with van der Waals surface area (Å²) in [6.07, 6.45) is 0.186. The van der Waals surface area contributed by atoms with Crippen molar-refractivity contribution in [1.82, 2.24) is 19.8 Å². The topological polar surface area (TPSA) is 105 Å². The molecule has 8 nitrogen and oxygen atoms in total. The van der Waals surface area contributed by atoms with Crippen molar-refractivity contribution >= 4 is 45.0 Å². The van der Waals surface area contributed by atoms with E-state index in [-0.39, 0.29) is 35.7 Å². The van der Waals surface area contributed by atoms with Gasteiger partial charge in [-0.25, -0.2) is 0 Å². The van der Waals surface area contributed by atoms with Crippen molar-refractivity contribution in [3.05, 3.63) is 62.5 Å². The second-order valence-corrected chi connectivity index (χ2v) is 9.62. The van der Waals surface area contributed by atoms with E-state index in [1.54, 1.807) is 29.2 Å². The third-order valence-corrected chi connectivity index (χ3v) is 7.06.